The summed E-state index contributed by atoms with van der Waals surface area (Å²) in [6.07, 6.45) is 0.0989. The molecule has 3 aromatic carbocycles. The second-order valence-corrected chi connectivity index (χ2v) is 13.7. The Hall–Kier alpha value is -3.33. The molecule has 0 saturated carbocycles. The first-order valence-electron chi connectivity index (χ1n) is 13.5. The molecular weight excluding hydrogens is 522 g/mol. The van der Waals surface area contributed by atoms with Crippen LogP contribution in [-0.2, 0) is 33.5 Å². The molecule has 0 aliphatic rings. The lowest BCUT2D eigenvalue weighted by Crippen LogP contribution is -2.37. The first-order chi connectivity index (χ1) is 18.9. The first kappa shape index (κ1) is 29.6. The molecule has 4 aromatic rings. The molecular formula is C32H39N3O4S. The Morgan fingerprint density at radius 1 is 0.925 bits per heavy atom. The predicted molar refractivity (Wildman–Crippen MR) is 160 cm³/mol. The molecule has 0 spiro atoms. The Kier molecular flexibility index (Phi) is 9.23. The molecule has 2 atom stereocenters. The van der Waals surface area contributed by atoms with Crippen molar-refractivity contribution in [2.75, 3.05) is 6.61 Å². The Bertz CT molecular complexity index is 1470. The van der Waals surface area contributed by atoms with Gasteiger partial charge in [0.25, 0.3) is 0 Å². The molecule has 0 saturated heterocycles. The summed E-state index contributed by atoms with van der Waals surface area (Å²) >= 11 is 0. The van der Waals surface area contributed by atoms with Crippen LogP contribution in [0.1, 0.15) is 70.0 Å². The van der Waals surface area contributed by atoms with Crippen LogP contribution in [0.2, 0.25) is 0 Å². The van der Waals surface area contributed by atoms with Gasteiger partial charge in [-0.15, -0.1) is 0 Å². The van der Waals surface area contributed by atoms with E-state index in [1.54, 1.807) is 0 Å². The minimum Gasteiger partial charge on any atom is -0.442 e. The highest BCUT2D eigenvalue weighted by atomic mass is 32.2. The molecule has 212 valence electrons. The molecule has 7 nitrogen and oxygen atoms in total. The molecule has 1 N–H and O–H groups in total. The second-order valence-electron chi connectivity index (χ2n) is 11.7. The van der Waals surface area contributed by atoms with Crippen molar-refractivity contribution in [3.8, 4) is 0 Å². The monoisotopic (exact) mass is 561 g/mol. The van der Waals surface area contributed by atoms with Crippen LogP contribution < -0.4 is 4.72 Å². The SMILES string of the molecule is CC(C)(C)OC(=O)n1nc([C@@H](NS(=O)C(C)(C)C)c2ccccc2CCOCc2ccccc2)c2ccccc21. The summed E-state index contributed by atoms with van der Waals surface area (Å²) in [5.41, 5.74) is 3.66. The number of hydrogen-bond donors (Lipinski definition) is 1. The van der Waals surface area contributed by atoms with Gasteiger partial charge in [-0.2, -0.15) is 9.78 Å². The summed E-state index contributed by atoms with van der Waals surface area (Å²) in [7, 11) is -1.42. The Balaban J connectivity index is 1.72. The van der Waals surface area contributed by atoms with E-state index < -0.39 is 33.5 Å². The lowest BCUT2D eigenvalue weighted by atomic mass is 9.95. The largest absolute Gasteiger partial charge is 0.442 e. The highest BCUT2D eigenvalue weighted by Crippen LogP contribution is 2.32. The van der Waals surface area contributed by atoms with Gasteiger partial charge in [-0.05, 0) is 70.7 Å². The van der Waals surface area contributed by atoms with E-state index in [0.717, 1.165) is 22.1 Å². The number of fused-ring (bicyclic) bond motifs is 1. The number of nitrogens with zero attached hydrogens (tertiary/aromatic N) is 2. The Morgan fingerprint density at radius 2 is 1.57 bits per heavy atom. The third kappa shape index (κ3) is 7.44. The molecule has 1 aromatic heterocycles. The van der Waals surface area contributed by atoms with Gasteiger partial charge in [-0.1, -0.05) is 72.8 Å². The average molecular weight is 562 g/mol. The molecule has 1 unspecified atom stereocenters. The molecule has 0 fully saturated rings. The molecule has 0 aliphatic heterocycles. The second kappa shape index (κ2) is 12.5. The summed E-state index contributed by atoms with van der Waals surface area (Å²) in [6.45, 7) is 12.3. The van der Waals surface area contributed by atoms with E-state index in [1.807, 2.05) is 114 Å². The smallest absolute Gasteiger partial charge is 0.435 e. The molecule has 0 radical (unpaired) electrons. The van der Waals surface area contributed by atoms with Gasteiger partial charge < -0.3 is 9.47 Å². The van der Waals surface area contributed by atoms with Crippen molar-refractivity contribution in [1.29, 1.82) is 0 Å². The third-order valence-corrected chi connectivity index (χ3v) is 7.79. The first-order valence-corrected chi connectivity index (χ1v) is 14.7. The van der Waals surface area contributed by atoms with Gasteiger partial charge in [0.1, 0.15) is 5.60 Å². The standard InChI is InChI=1S/C32H39N3O4S/c1-31(2,3)39-30(36)35-27-19-13-12-18-26(27)28(33-35)29(34-40(37)32(4,5)6)25-17-11-10-16-24(25)20-21-38-22-23-14-8-7-9-15-23/h7-19,29,34H,20-22H2,1-6H3/t29-,40?/m0/s1. The lowest BCUT2D eigenvalue weighted by Gasteiger charge is -2.25. The minimum atomic E-state index is -1.42. The van der Waals surface area contributed by atoms with Gasteiger partial charge in [-0.3, -0.25) is 0 Å². The van der Waals surface area contributed by atoms with Crippen molar-refractivity contribution in [1.82, 2.24) is 14.5 Å². The van der Waals surface area contributed by atoms with Crippen LogP contribution in [0.5, 0.6) is 0 Å². The van der Waals surface area contributed by atoms with Crippen LogP contribution in [0.25, 0.3) is 10.9 Å². The zero-order chi connectivity index (χ0) is 28.9. The van der Waals surface area contributed by atoms with Crippen LogP contribution in [0.15, 0.2) is 78.9 Å². The molecule has 4 rings (SSSR count). The van der Waals surface area contributed by atoms with Gasteiger partial charge >= 0.3 is 6.09 Å². The number of carbonyl (C=O) groups is 1. The van der Waals surface area contributed by atoms with Crippen molar-refractivity contribution >= 4 is 28.0 Å². The average Bonchev–Trinajstić information content (AvgIpc) is 3.29. The maximum atomic E-state index is 13.5. The Morgan fingerprint density at radius 3 is 2.27 bits per heavy atom. The number of para-hydroxylation sites is 1. The number of hydrogen-bond acceptors (Lipinski definition) is 5. The number of carbonyl (C=O) groups excluding carboxylic acids is 1. The summed E-state index contributed by atoms with van der Waals surface area (Å²) < 4.78 is 29.2. The Labute approximate surface area is 239 Å². The normalized spacial score (nSPS) is 13.8. The molecule has 0 aliphatic carbocycles. The number of nitrogens with one attached hydrogen (secondary N) is 1. The van der Waals surface area contributed by atoms with Crippen LogP contribution in [-0.4, -0.2) is 37.0 Å². The molecule has 0 bridgehead atoms. The maximum Gasteiger partial charge on any atom is 0.435 e. The van der Waals surface area contributed by atoms with E-state index in [2.05, 4.69) is 10.8 Å². The fourth-order valence-electron chi connectivity index (χ4n) is 4.29. The van der Waals surface area contributed by atoms with Crippen molar-refractivity contribution in [3.63, 3.8) is 0 Å². The van der Waals surface area contributed by atoms with E-state index in [0.29, 0.717) is 30.8 Å². The lowest BCUT2D eigenvalue weighted by molar-refractivity contribution is 0.0522. The fourth-order valence-corrected chi connectivity index (χ4v) is 5.09. The minimum absolute atomic E-state index is 0.518. The third-order valence-electron chi connectivity index (χ3n) is 6.23. The number of benzene rings is 3. The maximum absolute atomic E-state index is 13.5. The van der Waals surface area contributed by atoms with E-state index in [9.17, 15) is 9.00 Å². The fraction of sp³-hybridized carbons (Fsp3) is 0.375. The van der Waals surface area contributed by atoms with Crippen LogP contribution in [0, 0.1) is 0 Å². The number of aromatic nitrogens is 2. The quantitative estimate of drug-likeness (QED) is 0.229. The highest BCUT2D eigenvalue weighted by Gasteiger charge is 2.31. The predicted octanol–water partition coefficient (Wildman–Crippen LogP) is 6.72. The number of ether oxygens (including phenoxy) is 2. The van der Waals surface area contributed by atoms with Crippen molar-refractivity contribution in [3.05, 3.63) is 101 Å². The molecule has 0 amide bonds. The summed E-state index contributed by atoms with van der Waals surface area (Å²) in [5, 5.41) is 5.56. The van der Waals surface area contributed by atoms with Crippen LogP contribution in [0.4, 0.5) is 4.79 Å². The molecule has 40 heavy (non-hydrogen) atoms. The van der Waals surface area contributed by atoms with Crippen molar-refractivity contribution in [2.45, 2.75) is 71.0 Å². The van der Waals surface area contributed by atoms with Gasteiger partial charge in [0, 0.05) is 5.39 Å². The molecule has 8 heteroatoms. The van der Waals surface area contributed by atoms with Gasteiger partial charge in [0.2, 0.25) is 0 Å². The van der Waals surface area contributed by atoms with Crippen molar-refractivity contribution in [2.24, 2.45) is 0 Å². The topological polar surface area (TPSA) is 82.5 Å². The summed E-state index contributed by atoms with van der Waals surface area (Å²) in [6, 6.07) is 25.1. The van der Waals surface area contributed by atoms with Crippen LogP contribution in [0.3, 0.4) is 0 Å². The van der Waals surface area contributed by atoms with Gasteiger partial charge in [-0.25, -0.2) is 13.7 Å². The van der Waals surface area contributed by atoms with Crippen molar-refractivity contribution < 1.29 is 18.5 Å². The van der Waals surface area contributed by atoms with Gasteiger partial charge in [0.15, 0.2) is 0 Å². The molecule has 1 heterocycles. The van der Waals surface area contributed by atoms with Gasteiger partial charge in [0.05, 0.1) is 46.2 Å². The van der Waals surface area contributed by atoms with E-state index in [-0.39, 0.29) is 0 Å². The summed E-state index contributed by atoms with van der Waals surface area (Å²) in [5.74, 6) is 0. The zero-order valence-electron chi connectivity index (χ0n) is 24.1. The van der Waals surface area contributed by atoms with E-state index in [4.69, 9.17) is 14.6 Å². The summed E-state index contributed by atoms with van der Waals surface area (Å²) in [4.78, 5) is 13.2. The highest BCUT2D eigenvalue weighted by molar-refractivity contribution is 7.84. The van der Waals surface area contributed by atoms with E-state index >= 15 is 0 Å². The van der Waals surface area contributed by atoms with E-state index in [1.165, 1.54) is 4.68 Å². The zero-order valence-corrected chi connectivity index (χ0v) is 25.0. The van der Waals surface area contributed by atoms with Crippen LogP contribution >= 0.6 is 0 Å². The number of rotatable bonds is 9.